The van der Waals surface area contributed by atoms with Crippen molar-refractivity contribution in [3.63, 3.8) is 0 Å². The van der Waals surface area contributed by atoms with Gasteiger partial charge in [0.05, 0.1) is 4.92 Å². The van der Waals surface area contributed by atoms with Gasteiger partial charge in [-0.3, -0.25) is 10.1 Å². The van der Waals surface area contributed by atoms with Crippen molar-refractivity contribution >= 4 is 28.3 Å². The number of nitro groups is 1. The van der Waals surface area contributed by atoms with Crippen LogP contribution in [0.3, 0.4) is 0 Å². The summed E-state index contributed by atoms with van der Waals surface area (Å²) in [7, 11) is 0. The minimum absolute atomic E-state index is 0.0494. The molecule has 3 aromatic rings. The summed E-state index contributed by atoms with van der Waals surface area (Å²) in [5.41, 5.74) is -0.106. The Hall–Kier alpha value is -2.54. The number of halogens is 2. The van der Waals surface area contributed by atoms with E-state index in [0.717, 1.165) is 6.33 Å². The first-order valence-electron chi connectivity index (χ1n) is 5.40. The summed E-state index contributed by atoms with van der Waals surface area (Å²) in [4.78, 5) is 17.7. The summed E-state index contributed by atoms with van der Waals surface area (Å²) in [6, 6.07) is 5.39. The van der Waals surface area contributed by atoms with E-state index in [-0.39, 0.29) is 16.6 Å². The summed E-state index contributed by atoms with van der Waals surface area (Å²) in [6.45, 7) is 0. The quantitative estimate of drug-likeness (QED) is 0.409. The Bertz CT molecular complexity index is 834. The molecule has 0 N–H and O–H groups in total. The molecule has 0 unspecified atom stereocenters. The number of furan rings is 1. The van der Waals surface area contributed by atoms with Crippen molar-refractivity contribution in [2.45, 2.75) is 0 Å². The van der Waals surface area contributed by atoms with Gasteiger partial charge in [0.15, 0.2) is 11.5 Å². The van der Waals surface area contributed by atoms with Crippen LogP contribution in [-0.2, 0) is 0 Å². The molecule has 0 radical (unpaired) electrons. The maximum atomic E-state index is 13.1. The zero-order valence-corrected chi connectivity index (χ0v) is 10.5. The van der Waals surface area contributed by atoms with Gasteiger partial charge in [0.2, 0.25) is 5.15 Å². The third kappa shape index (κ3) is 1.97. The highest BCUT2D eigenvalue weighted by atomic mass is 35.5. The molecule has 0 bridgehead atoms. The maximum Gasteiger partial charge on any atom is 0.335 e. The summed E-state index contributed by atoms with van der Waals surface area (Å²) in [5.74, 6) is -0.304. The molecule has 1 aromatic carbocycles. The zero-order chi connectivity index (χ0) is 14.3. The van der Waals surface area contributed by atoms with Crippen LogP contribution >= 0.6 is 11.6 Å². The van der Waals surface area contributed by atoms with Crippen LogP contribution in [0.15, 0.2) is 35.0 Å². The topological polar surface area (TPSA) is 82.1 Å². The molecular weight excluding hydrogens is 289 g/mol. The fourth-order valence-corrected chi connectivity index (χ4v) is 2.03. The van der Waals surface area contributed by atoms with E-state index in [1.165, 1.54) is 24.3 Å². The van der Waals surface area contributed by atoms with E-state index in [1.54, 1.807) is 0 Å². The van der Waals surface area contributed by atoms with Crippen LogP contribution in [0, 0.1) is 15.9 Å². The van der Waals surface area contributed by atoms with Crippen LogP contribution in [0.1, 0.15) is 0 Å². The van der Waals surface area contributed by atoms with Gasteiger partial charge in [0.25, 0.3) is 0 Å². The highest BCUT2D eigenvalue weighted by Crippen LogP contribution is 2.35. The molecule has 0 amide bonds. The predicted molar refractivity (Wildman–Crippen MR) is 68.9 cm³/mol. The highest BCUT2D eigenvalue weighted by molar-refractivity contribution is 6.31. The van der Waals surface area contributed by atoms with Crippen LogP contribution in [0.4, 0.5) is 10.1 Å². The molecule has 0 spiro atoms. The van der Waals surface area contributed by atoms with E-state index in [0.29, 0.717) is 11.0 Å². The number of benzene rings is 1. The molecule has 0 atom stereocenters. The number of rotatable bonds is 2. The van der Waals surface area contributed by atoms with Crippen molar-refractivity contribution < 1.29 is 13.7 Å². The lowest BCUT2D eigenvalue weighted by atomic mass is 10.2. The molecule has 2 heterocycles. The molecule has 0 aliphatic rings. The fraction of sp³-hybridized carbons (Fsp3) is 0. The van der Waals surface area contributed by atoms with Crippen molar-refractivity contribution in [2.75, 3.05) is 0 Å². The molecule has 0 aliphatic carbocycles. The minimum atomic E-state index is -0.689. The molecule has 2 aromatic heterocycles. The van der Waals surface area contributed by atoms with E-state index in [9.17, 15) is 14.5 Å². The van der Waals surface area contributed by atoms with E-state index >= 15 is 0 Å². The molecule has 3 rings (SSSR count). The Balaban J connectivity index is 2.25. The van der Waals surface area contributed by atoms with Crippen molar-refractivity contribution in [3.8, 4) is 11.5 Å². The van der Waals surface area contributed by atoms with Gasteiger partial charge in [-0.05, 0) is 24.3 Å². The molecule has 0 aliphatic heterocycles. The second kappa shape index (κ2) is 4.53. The summed E-state index contributed by atoms with van der Waals surface area (Å²) >= 11 is 5.70. The monoisotopic (exact) mass is 293 g/mol. The average Bonchev–Trinajstić information content (AvgIpc) is 2.80. The first-order valence-corrected chi connectivity index (χ1v) is 5.78. The van der Waals surface area contributed by atoms with E-state index in [2.05, 4.69) is 9.97 Å². The lowest BCUT2D eigenvalue weighted by molar-refractivity contribution is -0.384. The van der Waals surface area contributed by atoms with Gasteiger partial charge in [0.1, 0.15) is 17.7 Å². The van der Waals surface area contributed by atoms with Gasteiger partial charge in [0, 0.05) is 5.39 Å². The van der Waals surface area contributed by atoms with Crippen molar-refractivity contribution in [1.82, 2.24) is 9.97 Å². The second-order valence-corrected chi connectivity index (χ2v) is 4.27. The Morgan fingerprint density at radius 2 is 2.10 bits per heavy atom. The first-order chi connectivity index (χ1) is 9.56. The van der Waals surface area contributed by atoms with Crippen molar-refractivity contribution in [3.05, 3.63) is 51.7 Å². The molecule has 20 heavy (non-hydrogen) atoms. The molecule has 0 saturated carbocycles. The normalized spacial score (nSPS) is 10.9. The number of aromatic nitrogens is 2. The Labute approximate surface area is 116 Å². The first kappa shape index (κ1) is 12.5. The minimum Gasteiger partial charge on any atom is -0.454 e. The molecule has 100 valence electrons. The van der Waals surface area contributed by atoms with Gasteiger partial charge >= 0.3 is 5.69 Å². The summed E-state index contributed by atoms with van der Waals surface area (Å²) < 4.78 is 18.6. The van der Waals surface area contributed by atoms with E-state index in [1.807, 2.05) is 0 Å². The van der Waals surface area contributed by atoms with Crippen LogP contribution in [0.2, 0.25) is 5.15 Å². The SMILES string of the molecule is O=[N+]([O-])c1c(Cl)ncnc1-c1cc2cc(F)ccc2o1. The lowest BCUT2D eigenvalue weighted by Gasteiger charge is -1.98. The highest BCUT2D eigenvalue weighted by Gasteiger charge is 2.25. The van der Waals surface area contributed by atoms with E-state index in [4.69, 9.17) is 16.0 Å². The number of hydrogen-bond acceptors (Lipinski definition) is 5. The molecule has 6 nitrogen and oxygen atoms in total. The third-order valence-electron chi connectivity index (χ3n) is 2.67. The number of hydrogen-bond donors (Lipinski definition) is 0. The maximum absolute atomic E-state index is 13.1. The van der Waals surface area contributed by atoms with Gasteiger partial charge in [-0.1, -0.05) is 11.6 Å². The Morgan fingerprint density at radius 1 is 1.30 bits per heavy atom. The predicted octanol–water partition coefficient (Wildman–Crippen LogP) is 3.59. The van der Waals surface area contributed by atoms with Crippen LogP contribution in [-0.4, -0.2) is 14.9 Å². The van der Waals surface area contributed by atoms with Crippen LogP contribution in [0.5, 0.6) is 0 Å². The van der Waals surface area contributed by atoms with Gasteiger partial charge in [-0.15, -0.1) is 0 Å². The van der Waals surface area contributed by atoms with Crippen LogP contribution < -0.4 is 0 Å². The zero-order valence-electron chi connectivity index (χ0n) is 9.71. The molecule has 8 heteroatoms. The molecule has 0 fully saturated rings. The smallest absolute Gasteiger partial charge is 0.335 e. The van der Waals surface area contributed by atoms with Gasteiger partial charge in [-0.2, -0.15) is 0 Å². The molecular formula is C12H5ClFN3O3. The number of nitrogens with zero attached hydrogens (tertiary/aromatic N) is 3. The summed E-state index contributed by atoms with van der Waals surface area (Å²) in [5, 5.41) is 11.2. The molecule has 0 saturated heterocycles. The van der Waals surface area contributed by atoms with Crippen LogP contribution in [0.25, 0.3) is 22.4 Å². The van der Waals surface area contributed by atoms with E-state index < -0.39 is 16.4 Å². The largest absolute Gasteiger partial charge is 0.454 e. The van der Waals surface area contributed by atoms with Gasteiger partial charge < -0.3 is 4.42 Å². The Kier molecular flexibility index (Phi) is 2.83. The Morgan fingerprint density at radius 3 is 2.85 bits per heavy atom. The third-order valence-corrected chi connectivity index (χ3v) is 2.95. The van der Waals surface area contributed by atoms with Gasteiger partial charge in [-0.25, -0.2) is 14.4 Å². The second-order valence-electron chi connectivity index (χ2n) is 3.91. The lowest BCUT2D eigenvalue weighted by Crippen LogP contribution is -1.96. The summed E-state index contributed by atoms with van der Waals surface area (Å²) in [6.07, 6.45) is 1.10. The number of fused-ring (bicyclic) bond motifs is 1. The average molecular weight is 294 g/mol. The standard InChI is InChI=1S/C12H5ClFN3O3/c13-12-11(17(18)19)10(15-5-16-12)9-4-6-3-7(14)1-2-8(6)20-9/h1-5H. The van der Waals surface area contributed by atoms with Crippen molar-refractivity contribution in [1.29, 1.82) is 0 Å². The fourth-order valence-electron chi connectivity index (χ4n) is 1.83. The van der Waals surface area contributed by atoms with Crippen molar-refractivity contribution in [2.24, 2.45) is 0 Å².